The van der Waals surface area contributed by atoms with Crippen LogP contribution in [0.4, 0.5) is 0 Å². The highest BCUT2D eigenvalue weighted by Crippen LogP contribution is 2.35. The first-order valence-electron chi connectivity index (χ1n) is 11.3. The van der Waals surface area contributed by atoms with E-state index in [0.717, 1.165) is 5.69 Å². The molecule has 0 bridgehead atoms. The summed E-state index contributed by atoms with van der Waals surface area (Å²) >= 11 is 0. The number of hydrogen-bond acceptors (Lipinski definition) is 1. The van der Waals surface area contributed by atoms with Crippen LogP contribution in [0.3, 0.4) is 0 Å². The molecule has 0 spiro atoms. The van der Waals surface area contributed by atoms with Crippen LogP contribution in [0.25, 0.3) is 16.9 Å². The van der Waals surface area contributed by atoms with Gasteiger partial charge in [0, 0.05) is 0 Å². The van der Waals surface area contributed by atoms with E-state index in [1.165, 1.54) is 33.5 Å². The Kier molecular flexibility index (Phi) is 6.50. The van der Waals surface area contributed by atoms with Crippen molar-refractivity contribution in [2.75, 3.05) is 0 Å². The Morgan fingerprint density at radius 2 is 1.10 bits per heavy atom. The second kappa shape index (κ2) is 8.75. The first-order valence-corrected chi connectivity index (χ1v) is 11.3. The van der Waals surface area contributed by atoms with E-state index in [9.17, 15) is 0 Å². The molecule has 0 aliphatic carbocycles. The van der Waals surface area contributed by atoms with Crippen LogP contribution < -0.4 is 4.68 Å². The zero-order valence-corrected chi connectivity index (χ0v) is 20.1. The largest absolute Gasteiger partial charge is 0.206 e. The monoisotopic (exact) mass is 403 g/mol. The van der Waals surface area contributed by atoms with Gasteiger partial charge in [-0.25, -0.2) is 4.68 Å². The Morgan fingerprint density at radius 3 is 1.50 bits per heavy atom. The maximum atomic E-state index is 4.92. The summed E-state index contributed by atoms with van der Waals surface area (Å²) in [6, 6.07) is 13.3. The molecule has 160 valence electrons. The van der Waals surface area contributed by atoms with Crippen molar-refractivity contribution in [1.82, 2.24) is 9.90 Å². The molecule has 1 aromatic heterocycles. The Morgan fingerprint density at radius 1 is 0.700 bits per heavy atom. The normalized spacial score (nSPS) is 12.0. The molecule has 0 aliphatic rings. The van der Waals surface area contributed by atoms with Gasteiger partial charge in [0.05, 0.1) is 22.8 Å². The predicted octanol–water partition coefficient (Wildman–Crippen LogP) is 6.66. The minimum atomic E-state index is 0.416. The molecule has 30 heavy (non-hydrogen) atoms. The smallest absolute Gasteiger partial charge is 0.101 e. The molecule has 3 heteroatoms. The number of rotatable bonds is 6. The summed E-state index contributed by atoms with van der Waals surface area (Å²) in [4.78, 5) is 0. The lowest BCUT2D eigenvalue weighted by atomic mass is 9.87. The van der Waals surface area contributed by atoms with Gasteiger partial charge >= 0.3 is 0 Å². The highest BCUT2D eigenvalue weighted by molar-refractivity contribution is 5.68. The Bertz CT molecular complexity index is 970. The number of para-hydroxylation sites is 1. The van der Waals surface area contributed by atoms with E-state index in [1.54, 1.807) is 0 Å². The van der Waals surface area contributed by atoms with Crippen molar-refractivity contribution in [3.05, 3.63) is 64.8 Å². The van der Waals surface area contributed by atoms with Crippen LogP contribution >= 0.6 is 0 Å². The van der Waals surface area contributed by atoms with Crippen LogP contribution in [0.5, 0.6) is 0 Å². The van der Waals surface area contributed by atoms with E-state index >= 15 is 0 Å². The summed E-state index contributed by atoms with van der Waals surface area (Å²) in [5.41, 5.74) is 8.85. The van der Waals surface area contributed by atoms with Gasteiger partial charge in [-0.05, 0) is 23.7 Å². The third kappa shape index (κ3) is 4.08. The maximum absolute atomic E-state index is 4.92. The van der Waals surface area contributed by atoms with Gasteiger partial charge in [0.2, 0.25) is 0 Å². The second-order valence-electron chi connectivity index (χ2n) is 9.60. The molecule has 0 amide bonds. The fourth-order valence-electron chi connectivity index (χ4n) is 4.27. The lowest BCUT2D eigenvalue weighted by molar-refractivity contribution is -0.666. The van der Waals surface area contributed by atoms with Crippen molar-refractivity contribution in [3.63, 3.8) is 0 Å². The fourth-order valence-corrected chi connectivity index (χ4v) is 4.27. The summed E-state index contributed by atoms with van der Waals surface area (Å²) in [6.45, 7) is 18.0. The van der Waals surface area contributed by atoms with E-state index in [-0.39, 0.29) is 0 Å². The van der Waals surface area contributed by atoms with E-state index in [4.69, 9.17) is 5.21 Å². The molecule has 0 atom stereocenters. The SMILES string of the molecule is CC(C)c1cccc(C(C)C)c1-c1[c-][n+](-c2c(C(C)C)cccc2C(C)C)nn1C. The molecule has 0 fully saturated rings. The first-order chi connectivity index (χ1) is 14.1. The number of benzene rings is 2. The molecule has 3 aromatic rings. The zero-order chi connectivity index (χ0) is 22.2. The number of aryl methyl sites for hydroxylation is 1. The van der Waals surface area contributed by atoms with Crippen LogP contribution in [0.2, 0.25) is 0 Å². The average Bonchev–Trinajstić information content (AvgIpc) is 3.07. The van der Waals surface area contributed by atoms with Gasteiger partial charge in [-0.1, -0.05) is 120 Å². The van der Waals surface area contributed by atoms with E-state index < -0.39 is 0 Å². The van der Waals surface area contributed by atoms with E-state index in [1.807, 2.05) is 16.4 Å². The molecule has 0 unspecified atom stereocenters. The molecule has 3 rings (SSSR count). The van der Waals surface area contributed by atoms with E-state index in [0.29, 0.717) is 23.7 Å². The summed E-state index contributed by atoms with van der Waals surface area (Å²) in [6.07, 6.45) is 3.66. The highest BCUT2D eigenvalue weighted by atomic mass is 15.5. The average molecular weight is 404 g/mol. The van der Waals surface area contributed by atoms with Crippen molar-refractivity contribution < 1.29 is 4.68 Å². The standard InChI is InChI=1S/C27H37N3/c1-17(2)21-12-10-13-22(18(3)4)26(21)25-16-30(28-29(25)9)27-23(19(5)6)14-11-15-24(27)20(7)8/h10-15,17-20H,1-9H3. The predicted molar refractivity (Wildman–Crippen MR) is 125 cm³/mol. The molecular formula is C27H37N3. The van der Waals surface area contributed by atoms with Crippen molar-refractivity contribution in [1.29, 1.82) is 0 Å². The number of hydrogen-bond donors (Lipinski definition) is 0. The lowest BCUT2D eigenvalue weighted by Gasteiger charge is -2.22. The Hall–Kier alpha value is -2.42. The van der Waals surface area contributed by atoms with Crippen molar-refractivity contribution in [2.45, 2.75) is 79.1 Å². The zero-order valence-electron chi connectivity index (χ0n) is 20.1. The number of nitrogens with zero attached hydrogens (tertiary/aromatic N) is 3. The molecule has 1 heterocycles. The highest BCUT2D eigenvalue weighted by Gasteiger charge is 2.21. The molecule has 0 N–H and O–H groups in total. The molecule has 0 radical (unpaired) electrons. The van der Waals surface area contributed by atoms with Gasteiger partial charge < -0.3 is 0 Å². The van der Waals surface area contributed by atoms with Crippen molar-refractivity contribution >= 4 is 0 Å². The minimum absolute atomic E-state index is 0.416. The Labute approximate surface area is 182 Å². The molecule has 2 aromatic carbocycles. The number of aromatic nitrogens is 3. The summed E-state index contributed by atoms with van der Waals surface area (Å²) in [5.74, 6) is 1.70. The van der Waals surface area contributed by atoms with Crippen LogP contribution in [0.15, 0.2) is 36.4 Å². The van der Waals surface area contributed by atoms with E-state index in [2.05, 4.69) is 98.0 Å². The minimum Gasteiger partial charge on any atom is -0.206 e. The van der Waals surface area contributed by atoms with Crippen molar-refractivity contribution in [2.24, 2.45) is 7.05 Å². The summed E-state index contributed by atoms with van der Waals surface area (Å²) in [5, 5.41) is 4.92. The van der Waals surface area contributed by atoms with Crippen LogP contribution in [-0.2, 0) is 7.05 Å². The van der Waals surface area contributed by atoms with Crippen LogP contribution in [0.1, 0.15) is 101 Å². The molecule has 0 aliphatic heterocycles. The quantitative estimate of drug-likeness (QED) is 0.333. The molecule has 0 saturated heterocycles. The molecule has 3 nitrogen and oxygen atoms in total. The van der Waals surface area contributed by atoms with Gasteiger partial charge in [-0.2, -0.15) is 4.68 Å². The maximum Gasteiger partial charge on any atom is 0.101 e. The van der Waals surface area contributed by atoms with Gasteiger partial charge in [0.25, 0.3) is 0 Å². The molecule has 0 saturated carbocycles. The second-order valence-corrected chi connectivity index (χ2v) is 9.60. The van der Waals surface area contributed by atoms with Gasteiger partial charge in [0.15, 0.2) is 0 Å². The summed E-state index contributed by atoms with van der Waals surface area (Å²) < 4.78 is 3.98. The fraction of sp³-hybridized carbons (Fsp3) is 0.481. The molecular weight excluding hydrogens is 366 g/mol. The summed E-state index contributed by atoms with van der Waals surface area (Å²) in [7, 11) is 2.04. The lowest BCUT2D eigenvalue weighted by Crippen LogP contribution is -2.36. The van der Waals surface area contributed by atoms with Gasteiger partial charge in [-0.15, -0.1) is 0 Å². The first kappa shape index (κ1) is 22.3. The van der Waals surface area contributed by atoms with Crippen molar-refractivity contribution in [3.8, 4) is 16.9 Å². The third-order valence-electron chi connectivity index (χ3n) is 5.92. The van der Waals surface area contributed by atoms with Gasteiger partial charge in [-0.3, -0.25) is 0 Å². The Balaban J connectivity index is 2.30. The van der Waals surface area contributed by atoms with Gasteiger partial charge in [0.1, 0.15) is 7.05 Å². The third-order valence-corrected chi connectivity index (χ3v) is 5.92. The topological polar surface area (TPSA) is 21.7 Å². The van der Waals surface area contributed by atoms with Crippen LogP contribution in [0, 0.1) is 6.20 Å². The van der Waals surface area contributed by atoms with Crippen LogP contribution in [-0.4, -0.2) is 9.90 Å².